The maximum Gasteiger partial charge on any atom is 0.263 e. The molecule has 7 heteroatoms. The van der Waals surface area contributed by atoms with Crippen molar-refractivity contribution in [3.05, 3.63) is 60.4 Å². The SMILES string of the molecule is CCc1ccc(OC(C)C(=O)N2CCN(c3ccc(-c4ccco4)nn3)CC2)cc1. The van der Waals surface area contributed by atoms with E-state index in [2.05, 4.69) is 22.0 Å². The molecular weight excluding hydrogens is 380 g/mol. The van der Waals surface area contributed by atoms with Crippen LogP contribution in [0.2, 0.25) is 0 Å². The topological polar surface area (TPSA) is 71.7 Å². The standard InChI is InChI=1S/C23H26N4O3/c1-3-18-6-8-19(9-7-18)30-17(2)23(28)27-14-12-26(13-15-27)22-11-10-20(24-25-22)21-5-4-16-29-21/h4-11,16-17H,3,12-15H2,1-2H3. The predicted octanol–water partition coefficient (Wildman–Crippen LogP) is 3.42. The molecule has 0 spiro atoms. The molecule has 1 amide bonds. The first-order chi connectivity index (χ1) is 14.6. The number of carbonyl (C=O) groups excluding carboxylic acids is 1. The summed E-state index contributed by atoms with van der Waals surface area (Å²) in [6, 6.07) is 15.4. The Balaban J connectivity index is 1.30. The van der Waals surface area contributed by atoms with Crippen molar-refractivity contribution in [1.82, 2.24) is 15.1 Å². The summed E-state index contributed by atoms with van der Waals surface area (Å²) in [4.78, 5) is 16.8. The molecule has 1 fully saturated rings. The Morgan fingerprint density at radius 2 is 1.83 bits per heavy atom. The molecule has 0 aliphatic carbocycles. The number of ether oxygens (including phenoxy) is 1. The van der Waals surface area contributed by atoms with E-state index in [0.29, 0.717) is 37.6 Å². The van der Waals surface area contributed by atoms with E-state index in [9.17, 15) is 4.79 Å². The number of hydrogen-bond acceptors (Lipinski definition) is 6. The number of hydrogen-bond donors (Lipinski definition) is 0. The number of nitrogens with zero attached hydrogens (tertiary/aromatic N) is 4. The molecule has 156 valence electrons. The number of furan rings is 1. The summed E-state index contributed by atoms with van der Waals surface area (Å²) in [5.74, 6) is 2.23. The van der Waals surface area contributed by atoms with Crippen LogP contribution in [0.3, 0.4) is 0 Å². The van der Waals surface area contributed by atoms with Crippen LogP contribution in [-0.4, -0.2) is 53.3 Å². The van der Waals surface area contributed by atoms with E-state index < -0.39 is 6.10 Å². The largest absolute Gasteiger partial charge is 0.481 e. The van der Waals surface area contributed by atoms with Crippen molar-refractivity contribution in [2.75, 3.05) is 31.1 Å². The van der Waals surface area contributed by atoms with Crippen LogP contribution in [0.15, 0.2) is 59.2 Å². The van der Waals surface area contributed by atoms with Crippen LogP contribution in [0.5, 0.6) is 5.75 Å². The van der Waals surface area contributed by atoms with Gasteiger partial charge in [-0.1, -0.05) is 19.1 Å². The molecule has 1 atom stereocenters. The van der Waals surface area contributed by atoms with E-state index in [4.69, 9.17) is 9.15 Å². The molecule has 1 aromatic carbocycles. The van der Waals surface area contributed by atoms with Gasteiger partial charge in [0.2, 0.25) is 0 Å². The minimum atomic E-state index is -0.517. The van der Waals surface area contributed by atoms with E-state index in [0.717, 1.165) is 18.0 Å². The van der Waals surface area contributed by atoms with Crippen molar-refractivity contribution in [2.24, 2.45) is 0 Å². The van der Waals surface area contributed by atoms with Gasteiger partial charge in [-0.25, -0.2) is 0 Å². The van der Waals surface area contributed by atoms with Gasteiger partial charge in [-0.2, -0.15) is 0 Å². The van der Waals surface area contributed by atoms with Crippen molar-refractivity contribution < 1.29 is 13.9 Å². The maximum absolute atomic E-state index is 12.8. The lowest BCUT2D eigenvalue weighted by Crippen LogP contribution is -2.52. The van der Waals surface area contributed by atoms with E-state index in [1.165, 1.54) is 5.56 Å². The maximum atomic E-state index is 12.8. The number of rotatable bonds is 6. The molecule has 4 rings (SSSR count). The normalized spacial score (nSPS) is 15.1. The van der Waals surface area contributed by atoms with Gasteiger partial charge in [0.15, 0.2) is 17.7 Å². The monoisotopic (exact) mass is 406 g/mol. The fourth-order valence-electron chi connectivity index (χ4n) is 3.52. The summed E-state index contributed by atoms with van der Waals surface area (Å²) in [7, 11) is 0. The van der Waals surface area contributed by atoms with Crippen molar-refractivity contribution in [3.63, 3.8) is 0 Å². The van der Waals surface area contributed by atoms with Crippen LogP contribution >= 0.6 is 0 Å². The zero-order chi connectivity index (χ0) is 20.9. The molecule has 3 heterocycles. The Morgan fingerprint density at radius 3 is 2.43 bits per heavy atom. The quantitative estimate of drug-likeness (QED) is 0.625. The van der Waals surface area contributed by atoms with Crippen molar-refractivity contribution in [2.45, 2.75) is 26.4 Å². The summed E-state index contributed by atoms with van der Waals surface area (Å²) in [6.45, 7) is 6.59. The number of anilines is 1. The Labute approximate surface area is 176 Å². The molecule has 0 saturated carbocycles. The molecule has 1 aliphatic rings. The smallest absolute Gasteiger partial charge is 0.263 e. The fraction of sp³-hybridized carbons (Fsp3) is 0.348. The Morgan fingerprint density at radius 1 is 1.07 bits per heavy atom. The highest BCUT2D eigenvalue weighted by molar-refractivity contribution is 5.81. The zero-order valence-corrected chi connectivity index (χ0v) is 17.3. The molecule has 0 bridgehead atoms. The van der Waals surface area contributed by atoms with Crippen LogP contribution in [0.4, 0.5) is 5.82 Å². The second-order valence-corrected chi connectivity index (χ2v) is 7.32. The summed E-state index contributed by atoms with van der Waals surface area (Å²) in [5, 5.41) is 8.57. The van der Waals surface area contributed by atoms with Crippen LogP contribution in [-0.2, 0) is 11.2 Å². The molecule has 30 heavy (non-hydrogen) atoms. The molecule has 2 aromatic heterocycles. The van der Waals surface area contributed by atoms with Gasteiger partial charge >= 0.3 is 0 Å². The number of piperazine rings is 1. The van der Waals surface area contributed by atoms with E-state index in [1.807, 2.05) is 53.4 Å². The molecule has 0 radical (unpaired) electrons. The van der Waals surface area contributed by atoms with Crippen molar-refractivity contribution in [1.29, 1.82) is 0 Å². The number of aromatic nitrogens is 2. The summed E-state index contributed by atoms with van der Waals surface area (Å²) in [5.41, 5.74) is 1.95. The van der Waals surface area contributed by atoms with Gasteiger partial charge in [-0.05, 0) is 55.3 Å². The molecule has 1 aliphatic heterocycles. The molecule has 3 aromatic rings. The van der Waals surface area contributed by atoms with Gasteiger partial charge in [-0.15, -0.1) is 10.2 Å². The second kappa shape index (κ2) is 8.98. The first kappa shape index (κ1) is 19.9. The summed E-state index contributed by atoms with van der Waals surface area (Å²) < 4.78 is 11.2. The van der Waals surface area contributed by atoms with Crippen LogP contribution < -0.4 is 9.64 Å². The third-order valence-electron chi connectivity index (χ3n) is 5.33. The molecule has 1 unspecified atom stereocenters. The summed E-state index contributed by atoms with van der Waals surface area (Å²) in [6.07, 6.45) is 2.08. The Kier molecular flexibility index (Phi) is 5.97. The molecular formula is C23H26N4O3. The highest BCUT2D eigenvalue weighted by Gasteiger charge is 2.26. The number of aryl methyl sites for hydroxylation is 1. The van der Waals surface area contributed by atoms with Crippen molar-refractivity contribution >= 4 is 11.7 Å². The predicted molar refractivity (Wildman–Crippen MR) is 114 cm³/mol. The average molecular weight is 406 g/mol. The van der Waals surface area contributed by atoms with Crippen molar-refractivity contribution in [3.8, 4) is 17.2 Å². The van der Waals surface area contributed by atoms with Crippen LogP contribution in [0.1, 0.15) is 19.4 Å². The first-order valence-electron chi connectivity index (χ1n) is 10.3. The zero-order valence-electron chi connectivity index (χ0n) is 17.3. The summed E-state index contributed by atoms with van der Waals surface area (Å²) >= 11 is 0. The van der Waals surface area contributed by atoms with Gasteiger partial charge < -0.3 is 19.0 Å². The van der Waals surface area contributed by atoms with Gasteiger partial charge in [0, 0.05) is 26.2 Å². The van der Waals surface area contributed by atoms with E-state index >= 15 is 0 Å². The average Bonchev–Trinajstić information content (AvgIpc) is 3.34. The molecule has 0 N–H and O–H groups in total. The number of amides is 1. The van der Waals surface area contributed by atoms with Gasteiger partial charge in [-0.3, -0.25) is 4.79 Å². The fourth-order valence-corrected chi connectivity index (χ4v) is 3.52. The third-order valence-corrected chi connectivity index (χ3v) is 5.33. The van der Waals surface area contributed by atoms with Crippen LogP contribution in [0.25, 0.3) is 11.5 Å². The minimum Gasteiger partial charge on any atom is -0.481 e. The lowest BCUT2D eigenvalue weighted by molar-refractivity contribution is -0.138. The van der Waals surface area contributed by atoms with Gasteiger partial charge in [0.1, 0.15) is 11.4 Å². The molecule has 1 saturated heterocycles. The van der Waals surface area contributed by atoms with E-state index in [-0.39, 0.29) is 5.91 Å². The Bertz CT molecular complexity index is 947. The minimum absolute atomic E-state index is 0.00784. The molecule has 7 nitrogen and oxygen atoms in total. The first-order valence-corrected chi connectivity index (χ1v) is 10.3. The number of benzene rings is 1. The highest BCUT2D eigenvalue weighted by Crippen LogP contribution is 2.20. The van der Waals surface area contributed by atoms with E-state index in [1.54, 1.807) is 13.2 Å². The number of carbonyl (C=O) groups is 1. The lowest BCUT2D eigenvalue weighted by Gasteiger charge is -2.36. The lowest BCUT2D eigenvalue weighted by atomic mass is 10.2. The van der Waals surface area contributed by atoms with Gasteiger partial charge in [0.25, 0.3) is 5.91 Å². The highest BCUT2D eigenvalue weighted by atomic mass is 16.5. The third kappa shape index (κ3) is 4.45. The Hall–Kier alpha value is -3.35. The van der Waals surface area contributed by atoms with Crippen LogP contribution in [0, 0.1) is 0 Å². The van der Waals surface area contributed by atoms with Gasteiger partial charge in [0.05, 0.1) is 6.26 Å². The second-order valence-electron chi connectivity index (χ2n) is 7.32.